The Bertz CT molecular complexity index is 513. The highest BCUT2D eigenvalue weighted by Gasteiger charge is 2.42. The normalized spacial score (nSPS) is 17.4. The molecule has 2 rings (SSSR count). The van der Waals surface area contributed by atoms with Gasteiger partial charge in [-0.2, -0.15) is 0 Å². The largest absolute Gasteiger partial charge is 0.392 e. The minimum absolute atomic E-state index is 0.128. The molecule has 1 fully saturated rings. The Morgan fingerprint density at radius 2 is 2.20 bits per heavy atom. The number of nitrogens with two attached hydrogens (primary N) is 1. The number of hydrogen-bond acceptors (Lipinski definition) is 4. The van der Waals surface area contributed by atoms with Crippen LogP contribution >= 0.6 is 12.2 Å². The van der Waals surface area contributed by atoms with E-state index in [1.165, 1.54) is 0 Å². The first-order valence-electron chi connectivity index (χ1n) is 6.63. The van der Waals surface area contributed by atoms with E-state index >= 15 is 0 Å². The van der Waals surface area contributed by atoms with Crippen LogP contribution < -0.4 is 11.1 Å². The van der Waals surface area contributed by atoms with Gasteiger partial charge in [-0.25, -0.2) is 0 Å². The van der Waals surface area contributed by atoms with Crippen molar-refractivity contribution in [2.24, 2.45) is 11.1 Å². The van der Waals surface area contributed by atoms with Gasteiger partial charge < -0.3 is 15.8 Å². The summed E-state index contributed by atoms with van der Waals surface area (Å²) >= 11 is 5.10. The Hall–Kier alpha value is -1.53. The third kappa shape index (κ3) is 3.13. The third-order valence-electron chi connectivity index (χ3n) is 3.63. The van der Waals surface area contributed by atoms with Crippen LogP contribution in [0.5, 0.6) is 0 Å². The molecule has 0 atom stereocenters. The number of aryl methyl sites for hydroxylation is 1. The van der Waals surface area contributed by atoms with Crippen molar-refractivity contribution in [2.75, 3.05) is 13.2 Å². The number of pyridine rings is 1. The quantitative estimate of drug-likeness (QED) is 0.813. The van der Waals surface area contributed by atoms with Gasteiger partial charge in [0.2, 0.25) is 5.91 Å². The zero-order valence-corrected chi connectivity index (χ0v) is 12.3. The van der Waals surface area contributed by atoms with Crippen LogP contribution in [0, 0.1) is 12.3 Å². The van der Waals surface area contributed by atoms with E-state index < -0.39 is 5.41 Å². The van der Waals surface area contributed by atoms with Gasteiger partial charge in [-0.3, -0.25) is 9.78 Å². The molecular formula is C14H19N3O2S. The van der Waals surface area contributed by atoms with Crippen molar-refractivity contribution in [3.63, 3.8) is 0 Å². The van der Waals surface area contributed by atoms with Gasteiger partial charge in [0.15, 0.2) is 0 Å². The van der Waals surface area contributed by atoms with Gasteiger partial charge in [-0.15, -0.1) is 0 Å². The molecule has 108 valence electrons. The Kier molecular flexibility index (Phi) is 4.67. The Morgan fingerprint density at radius 1 is 1.50 bits per heavy atom. The minimum atomic E-state index is -0.780. The average Bonchev–Trinajstić information content (AvgIpc) is 2.45. The van der Waals surface area contributed by atoms with Crippen molar-refractivity contribution in [2.45, 2.75) is 26.3 Å². The number of nitrogens with zero attached hydrogens (tertiary/aromatic N) is 1. The predicted molar refractivity (Wildman–Crippen MR) is 80.1 cm³/mol. The summed E-state index contributed by atoms with van der Waals surface area (Å²) in [4.78, 5) is 17.1. The number of carbonyl (C=O) groups is 1. The van der Waals surface area contributed by atoms with Crippen molar-refractivity contribution in [3.05, 3.63) is 29.6 Å². The smallest absolute Gasteiger partial charge is 0.233 e. The molecule has 2 heterocycles. The maximum Gasteiger partial charge on any atom is 0.233 e. The monoisotopic (exact) mass is 293 g/mol. The summed E-state index contributed by atoms with van der Waals surface area (Å²) in [6, 6.07) is 5.71. The van der Waals surface area contributed by atoms with Crippen LogP contribution in [0.4, 0.5) is 0 Å². The first-order valence-corrected chi connectivity index (χ1v) is 7.04. The van der Waals surface area contributed by atoms with Crippen LogP contribution in [-0.2, 0) is 16.1 Å². The molecule has 1 amide bonds. The summed E-state index contributed by atoms with van der Waals surface area (Å²) < 4.78 is 5.30. The van der Waals surface area contributed by atoms with Crippen molar-refractivity contribution in [1.82, 2.24) is 10.3 Å². The number of nitrogens with one attached hydrogen (secondary N) is 1. The molecule has 0 spiro atoms. The highest BCUT2D eigenvalue weighted by molar-refractivity contribution is 7.80. The van der Waals surface area contributed by atoms with Crippen molar-refractivity contribution >= 4 is 23.1 Å². The molecule has 0 aromatic carbocycles. The van der Waals surface area contributed by atoms with E-state index in [0.717, 1.165) is 11.4 Å². The van der Waals surface area contributed by atoms with Gasteiger partial charge in [-0.1, -0.05) is 18.3 Å². The second-order valence-electron chi connectivity index (χ2n) is 5.01. The summed E-state index contributed by atoms with van der Waals surface area (Å²) in [6.45, 7) is 3.31. The fourth-order valence-electron chi connectivity index (χ4n) is 2.34. The topological polar surface area (TPSA) is 77.2 Å². The van der Waals surface area contributed by atoms with Crippen molar-refractivity contribution in [1.29, 1.82) is 0 Å². The summed E-state index contributed by atoms with van der Waals surface area (Å²) in [5.74, 6) is -0.128. The van der Waals surface area contributed by atoms with E-state index in [1.54, 1.807) is 0 Å². The molecule has 5 nitrogen and oxygen atoms in total. The van der Waals surface area contributed by atoms with Crippen LogP contribution in [0.15, 0.2) is 18.2 Å². The lowest BCUT2D eigenvalue weighted by molar-refractivity contribution is -0.131. The fraction of sp³-hybridized carbons (Fsp3) is 0.500. The number of hydrogen-bond donors (Lipinski definition) is 2. The van der Waals surface area contributed by atoms with Gasteiger partial charge in [-0.05, 0) is 31.9 Å². The molecule has 1 aliphatic rings. The molecule has 1 aromatic rings. The lowest BCUT2D eigenvalue weighted by Crippen LogP contribution is -2.51. The Balaban J connectivity index is 2.04. The first-order chi connectivity index (χ1) is 9.54. The third-order valence-corrected chi connectivity index (χ3v) is 4.02. The van der Waals surface area contributed by atoms with Crippen LogP contribution in [0.2, 0.25) is 0 Å². The van der Waals surface area contributed by atoms with E-state index in [4.69, 9.17) is 22.7 Å². The number of ether oxygens (including phenoxy) is 1. The number of carbonyl (C=O) groups excluding carboxylic acids is 1. The summed E-state index contributed by atoms with van der Waals surface area (Å²) in [7, 11) is 0. The van der Waals surface area contributed by atoms with Crippen LogP contribution in [0.25, 0.3) is 0 Å². The summed E-state index contributed by atoms with van der Waals surface area (Å²) in [5.41, 5.74) is 6.76. The second kappa shape index (κ2) is 6.28. The molecule has 1 aromatic heterocycles. The Morgan fingerprint density at radius 3 is 2.80 bits per heavy atom. The molecule has 1 saturated heterocycles. The molecule has 0 aliphatic carbocycles. The Labute approximate surface area is 123 Å². The first kappa shape index (κ1) is 14.9. The predicted octanol–water partition coefficient (Wildman–Crippen LogP) is 1.09. The van der Waals surface area contributed by atoms with E-state index in [2.05, 4.69) is 10.3 Å². The summed E-state index contributed by atoms with van der Waals surface area (Å²) in [5, 5.41) is 2.89. The maximum atomic E-state index is 12.5. The highest BCUT2D eigenvalue weighted by atomic mass is 32.1. The standard InChI is InChI=1S/C14H19N3O2S/c1-10-3-2-4-11(17-10)9-16-13(18)14(12(15)20)5-7-19-8-6-14/h2-4H,5-9H2,1H3,(H2,15,20)(H,16,18). The van der Waals surface area contributed by atoms with E-state index in [0.29, 0.717) is 32.6 Å². The highest BCUT2D eigenvalue weighted by Crippen LogP contribution is 2.31. The van der Waals surface area contributed by atoms with Gasteiger partial charge in [0.25, 0.3) is 0 Å². The molecule has 0 unspecified atom stereocenters. The molecule has 20 heavy (non-hydrogen) atoms. The molecule has 0 bridgehead atoms. The molecule has 0 radical (unpaired) electrons. The van der Waals surface area contributed by atoms with E-state index in [9.17, 15) is 4.79 Å². The van der Waals surface area contributed by atoms with E-state index in [1.807, 2.05) is 25.1 Å². The van der Waals surface area contributed by atoms with E-state index in [-0.39, 0.29) is 10.9 Å². The van der Waals surface area contributed by atoms with Crippen molar-refractivity contribution in [3.8, 4) is 0 Å². The van der Waals surface area contributed by atoms with Crippen LogP contribution in [0.3, 0.4) is 0 Å². The molecular weight excluding hydrogens is 274 g/mol. The van der Waals surface area contributed by atoms with Crippen molar-refractivity contribution < 1.29 is 9.53 Å². The maximum absolute atomic E-state index is 12.5. The number of rotatable bonds is 4. The number of thiocarbonyl (C=S) groups is 1. The zero-order valence-electron chi connectivity index (χ0n) is 11.5. The molecule has 6 heteroatoms. The van der Waals surface area contributed by atoms with Gasteiger partial charge in [0, 0.05) is 18.9 Å². The van der Waals surface area contributed by atoms with Gasteiger partial charge in [0.1, 0.15) is 5.41 Å². The molecule has 0 saturated carbocycles. The fourth-order valence-corrected chi connectivity index (χ4v) is 2.64. The zero-order chi connectivity index (χ0) is 14.6. The van der Waals surface area contributed by atoms with Crippen LogP contribution in [0.1, 0.15) is 24.2 Å². The summed E-state index contributed by atoms with van der Waals surface area (Å²) in [6.07, 6.45) is 1.07. The average molecular weight is 293 g/mol. The van der Waals surface area contributed by atoms with Crippen LogP contribution in [-0.4, -0.2) is 29.1 Å². The number of aromatic nitrogens is 1. The second-order valence-corrected chi connectivity index (χ2v) is 5.45. The molecule has 3 N–H and O–H groups in total. The van der Waals surface area contributed by atoms with Gasteiger partial charge in [0.05, 0.1) is 17.2 Å². The van der Waals surface area contributed by atoms with Gasteiger partial charge >= 0.3 is 0 Å². The lowest BCUT2D eigenvalue weighted by Gasteiger charge is -2.34. The SMILES string of the molecule is Cc1cccc(CNC(=O)C2(C(N)=S)CCOCC2)n1. The number of amides is 1. The minimum Gasteiger partial charge on any atom is -0.392 e. The molecule has 1 aliphatic heterocycles. The lowest BCUT2D eigenvalue weighted by atomic mass is 9.79.